The second kappa shape index (κ2) is 7.93. The second-order valence-corrected chi connectivity index (χ2v) is 4.91. The van der Waals surface area contributed by atoms with Crippen molar-refractivity contribution >= 4 is 17.6 Å². The summed E-state index contributed by atoms with van der Waals surface area (Å²) in [5.74, 6) is -0.959. The molecule has 120 valence electrons. The molecule has 0 saturated heterocycles. The second-order valence-electron chi connectivity index (χ2n) is 4.91. The first kappa shape index (κ1) is 16.5. The van der Waals surface area contributed by atoms with E-state index < -0.39 is 11.9 Å². The summed E-state index contributed by atoms with van der Waals surface area (Å²) in [6, 6.07) is 8.31. The zero-order chi connectivity index (χ0) is 16.7. The van der Waals surface area contributed by atoms with Crippen molar-refractivity contribution in [2.45, 2.75) is 19.8 Å². The van der Waals surface area contributed by atoms with Gasteiger partial charge in [0.25, 0.3) is 5.91 Å². The van der Waals surface area contributed by atoms with Crippen LogP contribution in [0.3, 0.4) is 0 Å². The normalized spacial score (nSPS) is 10.1. The molecule has 0 saturated carbocycles. The summed E-state index contributed by atoms with van der Waals surface area (Å²) in [6.07, 6.45) is 4.58. The Balaban J connectivity index is 2.05. The molecule has 0 aliphatic rings. The number of benzene rings is 1. The molecule has 23 heavy (non-hydrogen) atoms. The lowest BCUT2D eigenvalue weighted by molar-refractivity contribution is 0.0692. The third kappa shape index (κ3) is 4.54. The van der Waals surface area contributed by atoms with Gasteiger partial charge in [0, 0.05) is 18.1 Å². The third-order valence-corrected chi connectivity index (χ3v) is 3.17. The van der Waals surface area contributed by atoms with Gasteiger partial charge in [-0.05, 0) is 36.8 Å². The Morgan fingerprint density at radius 2 is 1.91 bits per heavy atom. The first-order valence-electron chi connectivity index (χ1n) is 7.33. The van der Waals surface area contributed by atoms with Gasteiger partial charge in [-0.2, -0.15) is 0 Å². The van der Waals surface area contributed by atoms with Crippen LogP contribution in [0.25, 0.3) is 0 Å². The van der Waals surface area contributed by atoms with Gasteiger partial charge in [0.1, 0.15) is 5.75 Å². The number of carbonyl (C=O) groups excluding carboxylic acids is 1. The first-order valence-corrected chi connectivity index (χ1v) is 7.33. The number of ether oxygens (including phenoxy) is 1. The fourth-order valence-electron chi connectivity index (χ4n) is 1.93. The zero-order valence-electron chi connectivity index (χ0n) is 12.8. The van der Waals surface area contributed by atoms with E-state index in [-0.39, 0.29) is 11.1 Å². The molecule has 0 unspecified atom stereocenters. The van der Waals surface area contributed by atoms with Crippen LogP contribution >= 0.6 is 0 Å². The SMILES string of the molecule is CCCCOc1ccc(NC(=O)c2ccncc2C(=O)O)cc1. The fourth-order valence-corrected chi connectivity index (χ4v) is 1.93. The highest BCUT2D eigenvalue weighted by Crippen LogP contribution is 2.17. The molecule has 2 N–H and O–H groups in total. The molecule has 0 bridgehead atoms. The molecule has 6 nitrogen and oxygen atoms in total. The van der Waals surface area contributed by atoms with E-state index in [0.717, 1.165) is 24.8 Å². The number of pyridine rings is 1. The lowest BCUT2D eigenvalue weighted by Crippen LogP contribution is -2.16. The van der Waals surface area contributed by atoms with Gasteiger partial charge in [0.05, 0.1) is 17.7 Å². The summed E-state index contributed by atoms with van der Waals surface area (Å²) in [6.45, 7) is 2.74. The Bertz CT molecular complexity index is 683. The highest BCUT2D eigenvalue weighted by atomic mass is 16.5. The Labute approximate surface area is 134 Å². The minimum absolute atomic E-state index is 0.0655. The smallest absolute Gasteiger partial charge is 0.338 e. The number of anilines is 1. The Kier molecular flexibility index (Phi) is 5.68. The van der Waals surface area contributed by atoms with Crippen molar-refractivity contribution in [3.8, 4) is 5.75 Å². The van der Waals surface area contributed by atoms with Crippen molar-refractivity contribution in [2.75, 3.05) is 11.9 Å². The molecule has 1 aromatic heterocycles. The monoisotopic (exact) mass is 314 g/mol. The minimum Gasteiger partial charge on any atom is -0.494 e. The molecule has 0 fully saturated rings. The third-order valence-electron chi connectivity index (χ3n) is 3.17. The maximum absolute atomic E-state index is 12.2. The molecule has 1 heterocycles. The molecule has 0 atom stereocenters. The summed E-state index contributed by atoms with van der Waals surface area (Å²) < 4.78 is 5.54. The summed E-state index contributed by atoms with van der Waals surface area (Å²) >= 11 is 0. The summed E-state index contributed by atoms with van der Waals surface area (Å²) in [5, 5.41) is 11.7. The van der Waals surface area contributed by atoms with Crippen molar-refractivity contribution in [3.63, 3.8) is 0 Å². The van der Waals surface area contributed by atoms with Gasteiger partial charge in [0.2, 0.25) is 0 Å². The maximum atomic E-state index is 12.2. The maximum Gasteiger partial charge on any atom is 0.338 e. The molecule has 2 rings (SSSR count). The summed E-state index contributed by atoms with van der Waals surface area (Å²) in [7, 11) is 0. The van der Waals surface area contributed by atoms with E-state index in [9.17, 15) is 9.59 Å². The number of hydrogen-bond donors (Lipinski definition) is 2. The number of nitrogens with one attached hydrogen (secondary N) is 1. The summed E-state index contributed by atoms with van der Waals surface area (Å²) in [5.41, 5.74) is 0.492. The van der Waals surface area contributed by atoms with Gasteiger partial charge in [-0.1, -0.05) is 13.3 Å². The number of rotatable bonds is 7. The molecule has 0 radical (unpaired) electrons. The lowest BCUT2D eigenvalue weighted by atomic mass is 10.1. The Morgan fingerprint density at radius 3 is 2.57 bits per heavy atom. The van der Waals surface area contributed by atoms with Gasteiger partial charge in [-0.25, -0.2) is 4.79 Å². The first-order chi connectivity index (χ1) is 11.1. The van der Waals surface area contributed by atoms with E-state index >= 15 is 0 Å². The summed E-state index contributed by atoms with van der Waals surface area (Å²) in [4.78, 5) is 27.0. The highest BCUT2D eigenvalue weighted by Gasteiger charge is 2.16. The Morgan fingerprint density at radius 1 is 1.17 bits per heavy atom. The van der Waals surface area contributed by atoms with Gasteiger partial charge in [-0.15, -0.1) is 0 Å². The molecule has 1 aromatic carbocycles. The molecular formula is C17H18N2O4. The molecular weight excluding hydrogens is 296 g/mol. The number of nitrogens with zero attached hydrogens (tertiary/aromatic N) is 1. The van der Waals surface area contributed by atoms with Crippen molar-refractivity contribution < 1.29 is 19.4 Å². The topological polar surface area (TPSA) is 88.5 Å². The minimum atomic E-state index is -1.19. The van der Waals surface area contributed by atoms with Crippen LogP contribution in [0.15, 0.2) is 42.7 Å². The van der Waals surface area contributed by atoms with E-state index in [1.165, 1.54) is 12.3 Å². The van der Waals surface area contributed by atoms with Crippen molar-refractivity contribution in [3.05, 3.63) is 53.9 Å². The van der Waals surface area contributed by atoms with E-state index in [0.29, 0.717) is 12.3 Å². The van der Waals surface area contributed by atoms with E-state index in [1.807, 2.05) is 0 Å². The lowest BCUT2D eigenvalue weighted by Gasteiger charge is -2.09. The number of carboxylic acid groups (broad SMARTS) is 1. The number of aromatic carboxylic acids is 1. The quantitative estimate of drug-likeness (QED) is 0.766. The molecule has 0 aliphatic carbocycles. The fraction of sp³-hybridized carbons (Fsp3) is 0.235. The van der Waals surface area contributed by atoms with Crippen molar-refractivity contribution in [1.29, 1.82) is 0 Å². The predicted octanol–water partition coefficient (Wildman–Crippen LogP) is 3.21. The number of amides is 1. The largest absolute Gasteiger partial charge is 0.494 e. The molecule has 1 amide bonds. The highest BCUT2D eigenvalue weighted by molar-refractivity contribution is 6.10. The van der Waals surface area contributed by atoms with Crippen LogP contribution < -0.4 is 10.1 Å². The van der Waals surface area contributed by atoms with Crippen LogP contribution in [-0.2, 0) is 0 Å². The van der Waals surface area contributed by atoms with Gasteiger partial charge >= 0.3 is 5.97 Å². The van der Waals surface area contributed by atoms with Crippen LogP contribution in [0.4, 0.5) is 5.69 Å². The number of carboxylic acids is 1. The molecule has 6 heteroatoms. The van der Waals surface area contributed by atoms with Crippen molar-refractivity contribution in [1.82, 2.24) is 4.98 Å². The van der Waals surface area contributed by atoms with Crippen LogP contribution in [-0.4, -0.2) is 28.6 Å². The van der Waals surface area contributed by atoms with Gasteiger partial charge < -0.3 is 15.2 Å². The predicted molar refractivity (Wildman–Crippen MR) is 86.0 cm³/mol. The van der Waals surface area contributed by atoms with Crippen LogP contribution in [0.5, 0.6) is 5.75 Å². The van der Waals surface area contributed by atoms with Crippen LogP contribution in [0.2, 0.25) is 0 Å². The number of carbonyl (C=O) groups is 2. The van der Waals surface area contributed by atoms with E-state index in [2.05, 4.69) is 17.2 Å². The molecule has 0 aliphatic heterocycles. The van der Waals surface area contributed by atoms with Gasteiger partial charge in [-0.3, -0.25) is 9.78 Å². The number of hydrogen-bond acceptors (Lipinski definition) is 4. The van der Waals surface area contributed by atoms with E-state index in [1.54, 1.807) is 24.3 Å². The number of unbranched alkanes of at least 4 members (excludes halogenated alkanes) is 1. The average molecular weight is 314 g/mol. The van der Waals surface area contributed by atoms with E-state index in [4.69, 9.17) is 9.84 Å². The molecule has 2 aromatic rings. The van der Waals surface area contributed by atoms with Crippen LogP contribution in [0, 0.1) is 0 Å². The standard InChI is InChI=1S/C17H18N2O4/c1-2-3-10-23-13-6-4-12(5-7-13)19-16(20)14-8-9-18-11-15(14)17(21)22/h4-9,11H,2-3,10H2,1H3,(H,19,20)(H,21,22). The van der Waals surface area contributed by atoms with Gasteiger partial charge in [0.15, 0.2) is 0 Å². The average Bonchev–Trinajstić information content (AvgIpc) is 2.56. The molecule has 0 spiro atoms. The van der Waals surface area contributed by atoms with Crippen molar-refractivity contribution in [2.24, 2.45) is 0 Å². The van der Waals surface area contributed by atoms with Crippen LogP contribution in [0.1, 0.15) is 40.5 Å². The zero-order valence-corrected chi connectivity index (χ0v) is 12.8. The number of aromatic nitrogens is 1. The Hall–Kier alpha value is -2.89.